The summed E-state index contributed by atoms with van der Waals surface area (Å²) in [4.78, 5) is 25.8. The average molecular weight is 404 g/mol. The molecule has 4 heterocycles. The molecular weight excluding hydrogens is 384 g/mol. The number of ether oxygens (including phenoxy) is 2. The quantitative estimate of drug-likeness (QED) is 0.652. The minimum absolute atomic E-state index is 0.164. The summed E-state index contributed by atoms with van der Waals surface area (Å²) in [5.74, 6) is 2.39. The van der Waals surface area contributed by atoms with Crippen molar-refractivity contribution in [1.29, 1.82) is 0 Å². The SMILES string of the molecule is COc1ccnc(CN2C(=O)N3CCN=C3c3cnn(-c4ccccc4)c32)c1OC. The molecule has 0 saturated heterocycles. The summed E-state index contributed by atoms with van der Waals surface area (Å²) in [6.07, 6.45) is 3.40. The summed E-state index contributed by atoms with van der Waals surface area (Å²) < 4.78 is 12.7. The fraction of sp³-hybridized carbons (Fsp3) is 0.238. The molecule has 0 N–H and O–H groups in total. The van der Waals surface area contributed by atoms with Gasteiger partial charge in [0.15, 0.2) is 17.3 Å². The lowest BCUT2D eigenvalue weighted by Gasteiger charge is -2.34. The highest BCUT2D eigenvalue weighted by Crippen LogP contribution is 2.36. The van der Waals surface area contributed by atoms with Crippen LogP contribution in [0.3, 0.4) is 0 Å². The van der Waals surface area contributed by atoms with Gasteiger partial charge in [0, 0.05) is 18.8 Å². The van der Waals surface area contributed by atoms with Gasteiger partial charge in [-0.15, -0.1) is 0 Å². The molecule has 2 aliphatic heterocycles. The van der Waals surface area contributed by atoms with E-state index in [4.69, 9.17) is 9.47 Å². The van der Waals surface area contributed by atoms with Crippen molar-refractivity contribution >= 4 is 17.7 Å². The maximum absolute atomic E-state index is 13.4. The maximum Gasteiger partial charge on any atom is 0.331 e. The summed E-state index contributed by atoms with van der Waals surface area (Å²) in [5, 5.41) is 4.57. The van der Waals surface area contributed by atoms with Crippen molar-refractivity contribution in [1.82, 2.24) is 19.7 Å². The predicted molar refractivity (Wildman–Crippen MR) is 111 cm³/mol. The Morgan fingerprint density at radius 3 is 2.70 bits per heavy atom. The number of aliphatic imine (C=N–C) groups is 1. The second-order valence-electron chi connectivity index (χ2n) is 6.85. The van der Waals surface area contributed by atoms with Crippen LogP contribution < -0.4 is 14.4 Å². The van der Waals surface area contributed by atoms with Crippen LogP contribution in [0.25, 0.3) is 5.69 Å². The topological polar surface area (TPSA) is 85.1 Å². The Morgan fingerprint density at radius 2 is 1.93 bits per heavy atom. The van der Waals surface area contributed by atoms with Crippen LogP contribution in [-0.4, -0.2) is 58.8 Å². The summed E-state index contributed by atoms with van der Waals surface area (Å²) in [7, 11) is 3.13. The molecule has 9 heteroatoms. The van der Waals surface area contributed by atoms with E-state index in [0.29, 0.717) is 41.9 Å². The van der Waals surface area contributed by atoms with E-state index in [2.05, 4.69) is 15.1 Å². The zero-order valence-electron chi connectivity index (χ0n) is 16.6. The number of anilines is 1. The first kappa shape index (κ1) is 18.2. The van der Waals surface area contributed by atoms with Gasteiger partial charge in [-0.05, 0) is 12.1 Å². The fourth-order valence-electron chi connectivity index (χ4n) is 3.87. The van der Waals surface area contributed by atoms with Crippen LogP contribution in [0.1, 0.15) is 11.3 Å². The molecule has 2 aliphatic rings. The summed E-state index contributed by atoms with van der Waals surface area (Å²) in [5.41, 5.74) is 2.27. The molecule has 3 aromatic rings. The summed E-state index contributed by atoms with van der Waals surface area (Å²) in [6, 6.07) is 11.3. The smallest absolute Gasteiger partial charge is 0.331 e. The average Bonchev–Trinajstić information content (AvgIpc) is 3.44. The molecule has 0 fully saturated rings. The van der Waals surface area contributed by atoms with Crippen molar-refractivity contribution in [3.05, 3.63) is 60.0 Å². The van der Waals surface area contributed by atoms with E-state index in [1.54, 1.807) is 47.2 Å². The Kier molecular flexibility index (Phi) is 4.35. The molecule has 0 radical (unpaired) electrons. The van der Waals surface area contributed by atoms with Crippen LogP contribution in [0, 0.1) is 0 Å². The van der Waals surface area contributed by atoms with Gasteiger partial charge in [0.1, 0.15) is 11.5 Å². The van der Waals surface area contributed by atoms with Crippen molar-refractivity contribution in [3.8, 4) is 17.2 Å². The lowest BCUT2D eigenvalue weighted by atomic mass is 10.2. The fourth-order valence-corrected chi connectivity index (χ4v) is 3.87. The lowest BCUT2D eigenvalue weighted by Crippen LogP contribution is -2.50. The van der Waals surface area contributed by atoms with Gasteiger partial charge in [-0.2, -0.15) is 5.10 Å². The number of fused-ring (bicyclic) bond motifs is 3. The maximum atomic E-state index is 13.4. The molecule has 9 nitrogen and oxygen atoms in total. The standard InChI is InChI=1S/C21H20N6O3/c1-29-17-8-9-22-16(18(17)30-2)13-26-20-15(19-23-10-11-25(19)21(26)28)12-24-27(20)14-6-4-3-5-7-14/h3-9,12H,10-11,13H2,1-2H3. The normalized spacial score (nSPS) is 15.0. The number of hydrogen-bond donors (Lipinski definition) is 0. The number of carbonyl (C=O) groups excluding carboxylic acids is 1. The highest BCUT2D eigenvalue weighted by atomic mass is 16.5. The Balaban J connectivity index is 1.65. The van der Waals surface area contributed by atoms with E-state index in [1.807, 2.05) is 30.3 Å². The molecule has 0 saturated carbocycles. The van der Waals surface area contributed by atoms with E-state index in [1.165, 1.54) is 0 Å². The van der Waals surface area contributed by atoms with Crippen LogP contribution in [0.5, 0.6) is 11.5 Å². The van der Waals surface area contributed by atoms with E-state index in [-0.39, 0.29) is 12.6 Å². The third-order valence-corrected chi connectivity index (χ3v) is 5.22. The number of amidine groups is 1. The summed E-state index contributed by atoms with van der Waals surface area (Å²) >= 11 is 0. The van der Waals surface area contributed by atoms with E-state index >= 15 is 0 Å². The molecule has 0 aliphatic carbocycles. The molecule has 2 aromatic heterocycles. The number of amides is 2. The molecule has 0 spiro atoms. The monoisotopic (exact) mass is 404 g/mol. The first-order chi connectivity index (χ1) is 14.7. The molecule has 0 bridgehead atoms. The van der Waals surface area contributed by atoms with Crippen molar-refractivity contribution in [2.75, 3.05) is 32.2 Å². The van der Waals surface area contributed by atoms with Crippen LogP contribution in [0.2, 0.25) is 0 Å². The summed E-state index contributed by atoms with van der Waals surface area (Å²) in [6.45, 7) is 1.32. The third kappa shape index (κ3) is 2.70. The van der Waals surface area contributed by atoms with Gasteiger partial charge in [-0.25, -0.2) is 9.48 Å². The van der Waals surface area contributed by atoms with Crippen LogP contribution in [0.4, 0.5) is 10.6 Å². The second kappa shape index (κ2) is 7.18. The molecule has 0 atom stereocenters. The zero-order valence-corrected chi connectivity index (χ0v) is 16.6. The van der Waals surface area contributed by atoms with Crippen molar-refractivity contribution in [2.45, 2.75) is 6.54 Å². The van der Waals surface area contributed by atoms with Gasteiger partial charge in [-0.3, -0.25) is 19.8 Å². The van der Waals surface area contributed by atoms with Gasteiger partial charge in [0.2, 0.25) is 0 Å². The number of nitrogens with zero attached hydrogens (tertiary/aromatic N) is 6. The van der Waals surface area contributed by atoms with Gasteiger partial charge < -0.3 is 9.47 Å². The third-order valence-electron chi connectivity index (χ3n) is 5.22. The van der Waals surface area contributed by atoms with E-state index in [9.17, 15) is 4.79 Å². The number of para-hydroxylation sites is 1. The van der Waals surface area contributed by atoms with Gasteiger partial charge in [0.05, 0.1) is 44.8 Å². The Hall–Kier alpha value is -3.88. The molecule has 1 aromatic carbocycles. The Bertz CT molecular complexity index is 1140. The zero-order chi connectivity index (χ0) is 20.7. The lowest BCUT2D eigenvalue weighted by molar-refractivity contribution is 0.228. The highest BCUT2D eigenvalue weighted by Gasteiger charge is 2.41. The van der Waals surface area contributed by atoms with Crippen molar-refractivity contribution in [3.63, 3.8) is 0 Å². The van der Waals surface area contributed by atoms with Gasteiger partial charge in [0.25, 0.3) is 0 Å². The molecule has 152 valence electrons. The number of aromatic nitrogens is 3. The highest BCUT2D eigenvalue weighted by molar-refractivity contribution is 6.19. The Labute approximate surface area is 173 Å². The van der Waals surface area contributed by atoms with E-state index < -0.39 is 0 Å². The number of hydrogen-bond acceptors (Lipinski definition) is 6. The minimum Gasteiger partial charge on any atom is -0.493 e. The number of urea groups is 1. The number of benzene rings is 1. The first-order valence-corrected chi connectivity index (χ1v) is 9.56. The van der Waals surface area contributed by atoms with Gasteiger partial charge >= 0.3 is 6.03 Å². The predicted octanol–water partition coefficient (Wildman–Crippen LogP) is 2.49. The van der Waals surface area contributed by atoms with Crippen molar-refractivity contribution in [2.24, 2.45) is 4.99 Å². The van der Waals surface area contributed by atoms with Gasteiger partial charge in [-0.1, -0.05) is 18.2 Å². The molecular formula is C21H20N6O3. The Morgan fingerprint density at radius 1 is 1.10 bits per heavy atom. The van der Waals surface area contributed by atoms with Crippen LogP contribution >= 0.6 is 0 Å². The number of pyridine rings is 1. The van der Waals surface area contributed by atoms with E-state index in [0.717, 1.165) is 11.3 Å². The molecule has 0 unspecified atom stereocenters. The molecule has 2 amide bonds. The number of methoxy groups -OCH3 is 2. The number of carbonyl (C=O) groups is 1. The van der Waals surface area contributed by atoms with Crippen LogP contribution in [0.15, 0.2) is 53.8 Å². The molecule has 5 rings (SSSR count). The first-order valence-electron chi connectivity index (χ1n) is 9.56. The second-order valence-corrected chi connectivity index (χ2v) is 6.85. The minimum atomic E-state index is -0.164. The van der Waals surface area contributed by atoms with Crippen LogP contribution in [-0.2, 0) is 6.54 Å². The number of rotatable bonds is 5. The molecule has 30 heavy (non-hydrogen) atoms. The largest absolute Gasteiger partial charge is 0.493 e. The van der Waals surface area contributed by atoms with Crippen molar-refractivity contribution < 1.29 is 14.3 Å².